The first kappa shape index (κ1) is 11.7. The van der Waals surface area contributed by atoms with Gasteiger partial charge in [0.05, 0.1) is 16.9 Å². The summed E-state index contributed by atoms with van der Waals surface area (Å²) in [5, 5.41) is 7.31. The van der Waals surface area contributed by atoms with Crippen LogP contribution in [0.25, 0.3) is 0 Å². The standard InChI is InChI=1S/C10H18N4O/c1-7-5-8(14(4)13-7)6-12-10(2,3)9(11)15/h5,12H,6H2,1-4H3,(H2,11,15). The van der Waals surface area contributed by atoms with Crippen molar-refractivity contribution < 1.29 is 4.79 Å². The Bertz CT molecular complexity index is 367. The number of aryl methyl sites for hydroxylation is 2. The van der Waals surface area contributed by atoms with Gasteiger partial charge >= 0.3 is 0 Å². The maximum absolute atomic E-state index is 11.1. The molecular weight excluding hydrogens is 192 g/mol. The predicted octanol–water partition coefficient (Wildman–Crippen LogP) is 0.0820. The van der Waals surface area contributed by atoms with Crippen molar-refractivity contribution in [2.24, 2.45) is 12.8 Å². The number of nitrogens with two attached hydrogens (primary N) is 1. The summed E-state index contributed by atoms with van der Waals surface area (Å²) in [6.45, 7) is 6.03. The molecule has 5 nitrogen and oxygen atoms in total. The fraction of sp³-hybridized carbons (Fsp3) is 0.600. The van der Waals surface area contributed by atoms with Crippen molar-refractivity contribution in [3.63, 3.8) is 0 Å². The molecule has 1 rings (SSSR count). The molecule has 84 valence electrons. The minimum Gasteiger partial charge on any atom is -0.368 e. The van der Waals surface area contributed by atoms with Crippen LogP contribution in [0.15, 0.2) is 6.07 Å². The van der Waals surface area contributed by atoms with Crippen LogP contribution in [0.2, 0.25) is 0 Å². The predicted molar refractivity (Wildman–Crippen MR) is 58.1 cm³/mol. The van der Waals surface area contributed by atoms with E-state index in [1.807, 2.05) is 20.0 Å². The number of amides is 1. The number of nitrogens with zero attached hydrogens (tertiary/aromatic N) is 2. The van der Waals surface area contributed by atoms with Crippen LogP contribution in [0.3, 0.4) is 0 Å². The molecule has 0 bridgehead atoms. The highest BCUT2D eigenvalue weighted by molar-refractivity contribution is 5.83. The second kappa shape index (κ2) is 4.02. The van der Waals surface area contributed by atoms with Crippen LogP contribution in [0.5, 0.6) is 0 Å². The molecule has 1 heterocycles. The van der Waals surface area contributed by atoms with Gasteiger partial charge in [0.25, 0.3) is 0 Å². The van der Waals surface area contributed by atoms with Crippen LogP contribution in [-0.2, 0) is 18.4 Å². The quantitative estimate of drug-likeness (QED) is 0.739. The van der Waals surface area contributed by atoms with E-state index in [4.69, 9.17) is 5.73 Å². The average molecular weight is 210 g/mol. The highest BCUT2D eigenvalue weighted by Crippen LogP contribution is 2.05. The molecule has 0 aliphatic heterocycles. The number of hydrogen-bond donors (Lipinski definition) is 2. The highest BCUT2D eigenvalue weighted by Gasteiger charge is 2.24. The molecule has 0 atom stereocenters. The summed E-state index contributed by atoms with van der Waals surface area (Å²) < 4.78 is 1.79. The molecule has 5 heteroatoms. The minimum absolute atomic E-state index is 0.360. The number of carbonyl (C=O) groups is 1. The van der Waals surface area contributed by atoms with Crippen molar-refractivity contribution in [1.82, 2.24) is 15.1 Å². The van der Waals surface area contributed by atoms with Gasteiger partial charge in [0.1, 0.15) is 0 Å². The summed E-state index contributed by atoms with van der Waals surface area (Å²) >= 11 is 0. The zero-order chi connectivity index (χ0) is 11.6. The zero-order valence-corrected chi connectivity index (χ0v) is 9.66. The molecule has 0 aliphatic carbocycles. The van der Waals surface area contributed by atoms with Crippen molar-refractivity contribution in [2.75, 3.05) is 0 Å². The summed E-state index contributed by atoms with van der Waals surface area (Å²) in [6.07, 6.45) is 0. The molecule has 0 spiro atoms. The fourth-order valence-electron chi connectivity index (χ4n) is 1.23. The van der Waals surface area contributed by atoms with Crippen molar-refractivity contribution >= 4 is 5.91 Å². The van der Waals surface area contributed by atoms with Crippen LogP contribution in [0, 0.1) is 6.92 Å². The summed E-state index contributed by atoms with van der Waals surface area (Å²) in [5.41, 5.74) is 6.55. The summed E-state index contributed by atoms with van der Waals surface area (Å²) in [6, 6.07) is 1.98. The third kappa shape index (κ3) is 2.79. The van der Waals surface area contributed by atoms with Crippen LogP contribution in [0.1, 0.15) is 25.2 Å². The lowest BCUT2D eigenvalue weighted by atomic mass is 10.1. The normalized spacial score (nSPS) is 11.7. The number of primary amides is 1. The second-order valence-electron chi connectivity index (χ2n) is 4.24. The third-order valence-electron chi connectivity index (χ3n) is 2.43. The average Bonchev–Trinajstić information content (AvgIpc) is 2.41. The Labute approximate surface area is 89.6 Å². The molecular formula is C10H18N4O. The van der Waals surface area contributed by atoms with E-state index in [0.717, 1.165) is 11.4 Å². The molecule has 0 saturated carbocycles. The number of hydrogen-bond acceptors (Lipinski definition) is 3. The van der Waals surface area contributed by atoms with Crippen molar-refractivity contribution in [1.29, 1.82) is 0 Å². The van der Waals surface area contributed by atoms with Gasteiger partial charge in [-0.25, -0.2) is 0 Å². The van der Waals surface area contributed by atoms with E-state index < -0.39 is 5.54 Å². The first-order chi connectivity index (χ1) is 6.83. The molecule has 3 N–H and O–H groups in total. The molecule has 0 unspecified atom stereocenters. The summed E-state index contributed by atoms with van der Waals surface area (Å²) in [5.74, 6) is -0.360. The molecule has 1 amide bonds. The molecule has 1 aromatic rings. The lowest BCUT2D eigenvalue weighted by molar-refractivity contribution is -0.123. The van der Waals surface area contributed by atoms with Crippen LogP contribution < -0.4 is 11.1 Å². The number of aromatic nitrogens is 2. The molecule has 0 aliphatic rings. The number of carbonyl (C=O) groups excluding carboxylic acids is 1. The molecule has 0 saturated heterocycles. The van der Waals surface area contributed by atoms with E-state index in [0.29, 0.717) is 6.54 Å². The third-order valence-corrected chi connectivity index (χ3v) is 2.43. The van der Waals surface area contributed by atoms with E-state index in [9.17, 15) is 4.79 Å². The van der Waals surface area contributed by atoms with Gasteiger partial charge in [-0.1, -0.05) is 0 Å². The van der Waals surface area contributed by atoms with Gasteiger partial charge < -0.3 is 5.73 Å². The number of nitrogens with one attached hydrogen (secondary N) is 1. The molecule has 15 heavy (non-hydrogen) atoms. The van der Waals surface area contributed by atoms with E-state index in [1.165, 1.54) is 0 Å². The monoisotopic (exact) mass is 210 g/mol. The topological polar surface area (TPSA) is 72.9 Å². The molecule has 1 aromatic heterocycles. The lowest BCUT2D eigenvalue weighted by Gasteiger charge is -2.22. The smallest absolute Gasteiger partial charge is 0.237 e. The van der Waals surface area contributed by atoms with Gasteiger partial charge in [0.15, 0.2) is 0 Å². The molecule has 0 fully saturated rings. The Morgan fingerprint density at radius 1 is 1.67 bits per heavy atom. The van der Waals surface area contributed by atoms with Crippen LogP contribution >= 0.6 is 0 Å². The van der Waals surface area contributed by atoms with E-state index in [1.54, 1.807) is 18.5 Å². The summed E-state index contributed by atoms with van der Waals surface area (Å²) in [7, 11) is 1.88. The summed E-state index contributed by atoms with van der Waals surface area (Å²) in [4.78, 5) is 11.1. The molecule has 0 aromatic carbocycles. The SMILES string of the molecule is Cc1cc(CNC(C)(C)C(N)=O)n(C)n1. The first-order valence-electron chi connectivity index (χ1n) is 4.87. The van der Waals surface area contributed by atoms with Gasteiger partial charge in [0, 0.05) is 13.6 Å². The molecule has 0 radical (unpaired) electrons. The Morgan fingerprint density at radius 2 is 2.27 bits per heavy atom. The van der Waals surface area contributed by atoms with Gasteiger partial charge in [-0.3, -0.25) is 14.8 Å². The van der Waals surface area contributed by atoms with Crippen molar-refractivity contribution in [3.8, 4) is 0 Å². The Morgan fingerprint density at radius 3 is 2.67 bits per heavy atom. The van der Waals surface area contributed by atoms with E-state index in [2.05, 4.69) is 10.4 Å². The number of rotatable bonds is 4. The maximum Gasteiger partial charge on any atom is 0.237 e. The minimum atomic E-state index is -0.696. The maximum atomic E-state index is 11.1. The lowest BCUT2D eigenvalue weighted by Crippen LogP contribution is -2.50. The van der Waals surface area contributed by atoms with Crippen LogP contribution in [-0.4, -0.2) is 21.2 Å². The fourth-order valence-corrected chi connectivity index (χ4v) is 1.23. The van der Waals surface area contributed by atoms with E-state index >= 15 is 0 Å². The Balaban J connectivity index is 2.65. The van der Waals surface area contributed by atoms with Crippen LogP contribution in [0.4, 0.5) is 0 Å². The van der Waals surface area contributed by atoms with Gasteiger partial charge in [-0.15, -0.1) is 0 Å². The van der Waals surface area contributed by atoms with Gasteiger partial charge in [-0.2, -0.15) is 5.10 Å². The highest BCUT2D eigenvalue weighted by atomic mass is 16.1. The van der Waals surface area contributed by atoms with Gasteiger partial charge in [-0.05, 0) is 26.8 Å². The first-order valence-corrected chi connectivity index (χ1v) is 4.87. The Kier molecular flexibility index (Phi) is 3.14. The zero-order valence-electron chi connectivity index (χ0n) is 9.66. The van der Waals surface area contributed by atoms with E-state index in [-0.39, 0.29) is 5.91 Å². The largest absolute Gasteiger partial charge is 0.368 e. The van der Waals surface area contributed by atoms with Gasteiger partial charge in [0.2, 0.25) is 5.91 Å². The van der Waals surface area contributed by atoms with Crippen molar-refractivity contribution in [3.05, 3.63) is 17.5 Å². The second-order valence-corrected chi connectivity index (χ2v) is 4.24. The Hall–Kier alpha value is -1.36. The van der Waals surface area contributed by atoms with Crippen molar-refractivity contribution in [2.45, 2.75) is 32.9 Å².